The molecule has 3 heteroatoms. The van der Waals surface area contributed by atoms with Crippen LogP contribution in [-0.4, -0.2) is 24.8 Å². The fraction of sp³-hybridized carbons (Fsp3) is 0.846. The number of unbranched alkanes of at least 4 members (excludes halogenated alkanes) is 2. The summed E-state index contributed by atoms with van der Waals surface area (Å²) in [4.78, 5) is 0. The van der Waals surface area contributed by atoms with Crippen LogP contribution in [0.15, 0.2) is 12.2 Å². The maximum atomic E-state index is 5.48. The monoisotopic (exact) mass is 292 g/mol. The Hall–Kier alpha value is 0.140. The fourth-order valence-corrected chi connectivity index (χ4v) is 1.72. The number of halogens is 1. The van der Waals surface area contributed by atoms with Gasteiger partial charge in [0.15, 0.2) is 6.29 Å². The van der Waals surface area contributed by atoms with E-state index in [2.05, 4.69) is 28.1 Å². The molecule has 0 aliphatic rings. The van der Waals surface area contributed by atoms with Crippen LogP contribution in [0.25, 0.3) is 0 Å². The van der Waals surface area contributed by atoms with Crippen LogP contribution in [0.2, 0.25) is 0 Å². The third-order valence-corrected chi connectivity index (χ3v) is 2.67. The summed E-state index contributed by atoms with van der Waals surface area (Å²) in [5.41, 5.74) is 0. The zero-order valence-corrected chi connectivity index (χ0v) is 12.2. The lowest BCUT2D eigenvalue weighted by Gasteiger charge is -2.16. The highest BCUT2D eigenvalue weighted by atomic mass is 79.9. The summed E-state index contributed by atoms with van der Waals surface area (Å²) < 4.78 is 11.0. The molecule has 0 aromatic carbocycles. The minimum absolute atomic E-state index is 0.00141. The third kappa shape index (κ3) is 10.7. The van der Waals surface area contributed by atoms with Gasteiger partial charge in [-0.15, -0.1) is 0 Å². The van der Waals surface area contributed by atoms with Crippen molar-refractivity contribution in [3.8, 4) is 0 Å². The first kappa shape index (κ1) is 16.1. The van der Waals surface area contributed by atoms with Crippen molar-refractivity contribution in [1.29, 1.82) is 0 Å². The van der Waals surface area contributed by atoms with E-state index in [-0.39, 0.29) is 6.29 Å². The summed E-state index contributed by atoms with van der Waals surface area (Å²) >= 11 is 3.40. The molecule has 0 atom stereocenters. The molecule has 2 nitrogen and oxygen atoms in total. The predicted molar refractivity (Wildman–Crippen MR) is 73.1 cm³/mol. The summed E-state index contributed by atoms with van der Waals surface area (Å²) in [5, 5.41) is 1.06. The van der Waals surface area contributed by atoms with Crippen LogP contribution in [0, 0.1) is 0 Å². The van der Waals surface area contributed by atoms with Gasteiger partial charge in [-0.2, -0.15) is 0 Å². The molecule has 0 fully saturated rings. The van der Waals surface area contributed by atoms with E-state index in [1.165, 1.54) is 12.8 Å². The second kappa shape index (κ2) is 13.2. The van der Waals surface area contributed by atoms with Crippen molar-refractivity contribution in [3.05, 3.63) is 12.2 Å². The van der Waals surface area contributed by atoms with Gasteiger partial charge < -0.3 is 9.47 Å². The van der Waals surface area contributed by atoms with Crippen LogP contribution in [0.1, 0.15) is 46.0 Å². The van der Waals surface area contributed by atoms with Gasteiger partial charge in [-0.3, -0.25) is 0 Å². The lowest BCUT2D eigenvalue weighted by Crippen LogP contribution is -2.17. The summed E-state index contributed by atoms with van der Waals surface area (Å²) in [6.07, 6.45) is 10.2. The Morgan fingerprint density at radius 1 is 1.00 bits per heavy atom. The minimum Gasteiger partial charge on any atom is -0.353 e. The molecule has 0 unspecified atom stereocenters. The summed E-state index contributed by atoms with van der Waals surface area (Å²) in [5.74, 6) is 0. The minimum atomic E-state index is 0.00141. The largest absolute Gasteiger partial charge is 0.353 e. The predicted octanol–water partition coefficient (Wildman–Crippen LogP) is 4.29. The molecule has 0 aromatic heterocycles. The Morgan fingerprint density at radius 2 is 1.62 bits per heavy atom. The first-order valence-corrected chi connectivity index (χ1v) is 7.41. The van der Waals surface area contributed by atoms with E-state index in [9.17, 15) is 0 Å². The van der Waals surface area contributed by atoms with Crippen LogP contribution in [0.3, 0.4) is 0 Å². The molecule has 96 valence electrons. The van der Waals surface area contributed by atoms with Crippen LogP contribution in [0.4, 0.5) is 0 Å². The molecule has 0 aliphatic heterocycles. The second-order valence-electron chi connectivity index (χ2n) is 3.57. The Morgan fingerprint density at radius 3 is 2.19 bits per heavy atom. The van der Waals surface area contributed by atoms with Gasteiger partial charge in [0.2, 0.25) is 0 Å². The zero-order valence-electron chi connectivity index (χ0n) is 10.6. The molecule has 0 saturated carbocycles. The maximum Gasteiger partial charge on any atom is 0.157 e. The van der Waals surface area contributed by atoms with Crippen LogP contribution in [0.5, 0.6) is 0 Å². The van der Waals surface area contributed by atoms with Gasteiger partial charge in [-0.25, -0.2) is 0 Å². The lowest BCUT2D eigenvalue weighted by molar-refractivity contribution is -0.140. The molecular formula is C13H25BrO2. The van der Waals surface area contributed by atoms with E-state index in [0.29, 0.717) is 0 Å². The van der Waals surface area contributed by atoms with Crippen molar-refractivity contribution in [2.75, 3.05) is 18.5 Å². The van der Waals surface area contributed by atoms with Crippen molar-refractivity contribution in [3.63, 3.8) is 0 Å². The van der Waals surface area contributed by atoms with Crippen molar-refractivity contribution in [1.82, 2.24) is 0 Å². The first-order chi connectivity index (χ1) is 7.85. The Bertz CT molecular complexity index is 154. The van der Waals surface area contributed by atoms with Crippen molar-refractivity contribution in [2.24, 2.45) is 0 Å². The quantitative estimate of drug-likeness (QED) is 0.245. The van der Waals surface area contributed by atoms with Gasteiger partial charge >= 0.3 is 0 Å². The van der Waals surface area contributed by atoms with Crippen LogP contribution < -0.4 is 0 Å². The van der Waals surface area contributed by atoms with Gasteiger partial charge in [0.05, 0.1) is 0 Å². The number of hydrogen-bond donors (Lipinski definition) is 0. The Balaban J connectivity index is 3.39. The number of alkyl halides is 1. The number of allylic oxidation sites excluding steroid dienone is 2. The number of rotatable bonds is 11. The molecule has 0 spiro atoms. The highest BCUT2D eigenvalue weighted by molar-refractivity contribution is 9.09. The van der Waals surface area contributed by atoms with E-state index in [0.717, 1.165) is 37.8 Å². The normalized spacial score (nSPS) is 11.8. The smallest absolute Gasteiger partial charge is 0.157 e. The van der Waals surface area contributed by atoms with E-state index in [1.807, 2.05) is 13.8 Å². The first-order valence-electron chi connectivity index (χ1n) is 6.29. The molecule has 0 heterocycles. The molecule has 0 saturated heterocycles. The molecular weight excluding hydrogens is 268 g/mol. The Labute approximate surface area is 109 Å². The van der Waals surface area contributed by atoms with Crippen LogP contribution in [-0.2, 0) is 9.47 Å². The maximum absolute atomic E-state index is 5.48. The summed E-state index contributed by atoms with van der Waals surface area (Å²) in [7, 11) is 0. The van der Waals surface area contributed by atoms with Crippen LogP contribution >= 0.6 is 15.9 Å². The van der Waals surface area contributed by atoms with Crippen molar-refractivity contribution < 1.29 is 9.47 Å². The summed E-state index contributed by atoms with van der Waals surface area (Å²) in [6, 6.07) is 0. The highest BCUT2D eigenvalue weighted by Crippen LogP contribution is 2.09. The summed E-state index contributed by atoms with van der Waals surface area (Å²) in [6.45, 7) is 5.48. The van der Waals surface area contributed by atoms with E-state index < -0.39 is 0 Å². The topological polar surface area (TPSA) is 18.5 Å². The van der Waals surface area contributed by atoms with E-state index >= 15 is 0 Å². The van der Waals surface area contributed by atoms with Gasteiger partial charge in [0.25, 0.3) is 0 Å². The average molecular weight is 293 g/mol. The van der Waals surface area contributed by atoms with Gasteiger partial charge in [0, 0.05) is 18.5 Å². The second-order valence-corrected chi connectivity index (χ2v) is 4.37. The molecule has 0 N–H and O–H groups in total. The molecule has 0 bridgehead atoms. The van der Waals surface area contributed by atoms with Gasteiger partial charge in [0.1, 0.15) is 0 Å². The molecule has 0 aromatic rings. The third-order valence-electron chi connectivity index (χ3n) is 2.21. The number of hydrogen-bond acceptors (Lipinski definition) is 2. The average Bonchev–Trinajstić information content (AvgIpc) is 2.28. The molecule has 0 radical (unpaired) electrons. The zero-order chi connectivity index (χ0) is 12.1. The highest BCUT2D eigenvalue weighted by Gasteiger charge is 2.06. The molecule has 0 aliphatic carbocycles. The number of ether oxygens (including phenoxy) is 2. The SMILES string of the molecule is CCOC(CCCC/C=C/CCBr)OCC. The molecule has 0 rings (SSSR count). The van der Waals surface area contributed by atoms with E-state index in [4.69, 9.17) is 9.47 Å². The van der Waals surface area contributed by atoms with Gasteiger partial charge in [-0.05, 0) is 46.0 Å². The van der Waals surface area contributed by atoms with Gasteiger partial charge in [-0.1, -0.05) is 28.1 Å². The van der Waals surface area contributed by atoms with Crippen molar-refractivity contribution in [2.45, 2.75) is 52.2 Å². The van der Waals surface area contributed by atoms with Crippen molar-refractivity contribution >= 4 is 15.9 Å². The standard InChI is InChI=1S/C13H25BrO2/c1-3-15-13(16-4-2)11-9-7-5-6-8-10-12-14/h6,8,13H,3-5,7,9-12H2,1-2H3/b8-6+. The molecule has 16 heavy (non-hydrogen) atoms. The van der Waals surface area contributed by atoms with E-state index in [1.54, 1.807) is 0 Å². The lowest BCUT2D eigenvalue weighted by atomic mass is 10.2. The molecule has 0 amide bonds. The fourth-order valence-electron chi connectivity index (χ4n) is 1.46. The Kier molecular flexibility index (Phi) is 13.3.